The van der Waals surface area contributed by atoms with E-state index in [1.165, 1.54) is 6.42 Å². The maximum Gasteiger partial charge on any atom is 0.256 e. The predicted octanol–water partition coefficient (Wildman–Crippen LogP) is 2.18. The standard InChI is InChI=1S/C17H21N3O2/c1-20-10-12(17(22)19-11-6-3-2-4-7-11)16(21)15-13(18)8-5-9-14(15)20/h5,8-11H,2-4,6-7,18H2,1H3,(H,19,22). The molecule has 1 amide bonds. The molecule has 0 bridgehead atoms. The smallest absolute Gasteiger partial charge is 0.256 e. The van der Waals surface area contributed by atoms with Gasteiger partial charge in [-0.15, -0.1) is 0 Å². The zero-order valence-electron chi connectivity index (χ0n) is 12.8. The lowest BCUT2D eigenvalue weighted by molar-refractivity contribution is 0.0926. The van der Waals surface area contributed by atoms with Crippen LogP contribution in [-0.4, -0.2) is 16.5 Å². The van der Waals surface area contributed by atoms with Crippen LogP contribution in [0.15, 0.2) is 29.2 Å². The van der Waals surface area contributed by atoms with Crippen molar-refractivity contribution in [3.8, 4) is 0 Å². The van der Waals surface area contributed by atoms with Crippen LogP contribution in [0, 0.1) is 0 Å². The van der Waals surface area contributed by atoms with Gasteiger partial charge in [-0.2, -0.15) is 0 Å². The third-order valence-corrected chi connectivity index (χ3v) is 4.43. The summed E-state index contributed by atoms with van der Waals surface area (Å²) in [6, 6.07) is 5.50. The number of carbonyl (C=O) groups is 1. The summed E-state index contributed by atoms with van der Waals surface area (Å²) in [5.41, 5.74) is 6.95. The quantitative estimate of drug-likeness (QED) is 0.834. The van der Waals surface area contributed by atoms with Gasteiger partial charge in [-0.1, -0.05) is 25.3 Å². The van der Waals surface area contributed by atoms with E-state index < -0.39 is 0 Å². The van der Waals surface area contributed by atoms with Crippen molar-refractivity contribution >= 4 is 22.5 Å². The highest BCUT2D eigenvalue weighted by Gasteiger charge is 2.20. The number of anilines is 1. The first kappa shape index (κ1) is 14.6. The first-order valence-corrected chi connectivity index (χ1v) is 7.76. The largest absolute Gasteiger partial charge is 0.398 e. The molecular formula is C17H21N3O2. The molecular weight excluding hydrogens is 278 g/mol. The van der Waals surface area contributed by atoms with Crippen LogP contribution in [0.2, 0.25) is 0 Å². The lowest BCUT2D eigenvalue weighted by Crippen LogP contribution is -2.38. The highest BCUT2D eigenvalue weighted by atomic mass is 16.2. The molecule has 0 atom stereocenters. The van der Waals surface area contributed by atoms with Crippen molar-refractivity contribution in [1.82, 2.24) is 9.88 Å². The highest BCUT2D eigenvalue weighted by molar-refractivity contribution is 6.00. The first-order valence-electron chi connectivity index (χ1n) is 7.76. The van der Waals surface area contributed by atoms with Gasteiger partial charge < -0.3 is 15.6 Å². The van der Waals surface area contributed by atoms with Crippen LogP contribution in [0.25, 0.3) is 10.9 Å². The fraction of sp³-hybridized carbons (Fsp3) is 0.412. The maximum atomic E-state index is 12.6. The summed E-state index contributed by atoms with van der Waals surface area (Å²) < 4.78 is 1.78. The van der Waals surface area contributed by atoms with E-state index >= 15 is 0 Å². The second kappa shape index (κ2) is 5.83. The minimum Gasteiger partial charge on any atom is -0.398 e. The van der Waals surface area contributed by atoms with Crippen molar-refractivity contribution in [2.24, 2.45) is 7.05 Å². The van der Waals surface area contributed by atoms with Crippen LogP contribution in [-0.2, 0) is 7.05 Å². The molecule has 1 saturated carbocycles. The summed E-state index contributed by atoms with van der Waals surface area (Å²) in [4.78, 5) is 25.1. The summed E-state index contributed by atoms with van der Waals surface area (Å²) in [6.07, 6.45) is 7.06. The molecule has 1 heterocycles. The van der Waals surface area contributed by atoms with Crippen molar-refractivity contribution in [3.63, 3.8) is 0 Å². The number of amides is 1. The number of pyridine rings is 1. The molecule has 3 N–H and O–H groups in total. The van der Waals surface area contributed by atoms with Crippen LogP contribution in [0.1, 0.15) is 42.5 Å². The number of benzene rings is 1. The molecule has 1 aliphatic rings. The zero-order valence-corrected chi connectivity index (χ0v) is 12.8. The third-order valence-electron chi connectivity index (χ3n) is 4.43. The molecule has 0 aliphatic heterocycles. The number of aryl methyl sites for hydroxylation is 1. The molecule has 0 unspecified atom stereocenters. The molecule has 3 rings (SSSR count). The Morgan fingerprint density at radius 1 is 1.27 bits per heavy atom. The van der Waals surface area contributed by atoms with Crippen molar-refractivity contribution < 1.29 is 4.79 Å². The average molecular weight is 299 g/mol. The van der Waals surface area contributed by atoms with E-state index in [0.717, 1.165) is 31.2 Å². The molecule has 1 aromatic carbocycles. The SMILES string of the molecule is Cn1cc(C(=O)NC2CCCCC2)c(=O)c2c(N)cccc21. The predicted molar refractivity (Wildman–Crippen MR) is 87.9 cm³/mol. The fourth-order valence-electron chi connectivity index (χ4n) is 3.23. The van der Waals surface area contributed by atoms with Gasteiger partial charge in [0.25, 0.3) is 5.91 Å². The molecule has 1 aromatic heterocycles. The molecule has 5 nitrogen and oxygen atoms in total. The highest BCUT2D eigenvalue weighted by Crippen LogP contribution is 2.19. The normalized spacial score (nSPS) is 15.9. The van der Waals surface area contributed by atoms with Gasteiger partial charge >= 0.3 is 0 Å². The molecule has 116 valence electrons. The summed E-state index contributed by atoms with van der Waals surface area (Å²) in [5.74, 6) is -0.294. The Hall–Kier alpha value is -2.30. The number of rotatable bonds is 2. The van der Waals surface area contributed by atoms with Crippen molar-refractivity contribution in [2.45, 2.75) is 38.1 Å². The topological polar surface area (TPSA) is 77.1 Å². The van der Waals surface area contributed by atoms with Crippen LogP contribution in [0.4, 0.5) is 5.69 Å². The van der Waals surface area contributed by atoms with Crippen molar-refractivity contribution in [3.05, 3.63) is 40.2 Å². The average Bonchev–Trinajstić information content (AvgIpc) is 2.51. The summed E-state index contributed by atoms with van der Waals surface area (Å²) in [5, 5.41) is 3.41. The van der Waals surface area contributed by atoms with Gasteiger partial charge in [0.2, 0.25) is 5.43 Å². The Labute approximate surface area is 129 Å². The number of carbonyl (C=O) groups excluding carboxylic acids is 1. The van der Waals surface area contributed by atoms with E-state index in [0.29, 0.717) is 11.1 Å². The van der Waals surface area contributed by atoms with E-state index in [2.05, 4.69) is 5.32 Å². The van der Waals surface area contributed by atoms with Gasteiger partial charge in [0, 0.05) is 25.0 Å². The van der Waals surface area contributed by atoms with Crippen LogP contribution < -0.4 is 16.5 Å². The van der Waals surface area contributed by atoms with E-state index in [-0.39, 0.29) is 22.9 Å². The number of hydrogen-bond donors (Lipinski definition) is 2. The number of nitrogen functional groups attached to an aromatic ring is 1. The van der Waals surface area contributed by atoms with Crippen molar-refractivity contribution in [1.29, 1.82) is 0 Å². The first-order chi connectivity index (χ1) is 10.6. The van der Waals surface area contributed by atoms with E-state index in [1.54, 1.807) is 22.9 Å². The number of nitrogens with zero attached hydrogens (tertiary/aromatic N) is 1. The minimum absolute atomic E-state index is 0.165. The molecule has 0 radical (unpaired) electrons. The Morgan fingerprint density at radius 2 is 2.00 bits per heavy atom. The Morgan fingerprint density at radius 3 is 2.73 bits per heavy atom. The summed E-state index contributed by atoms with van der Waals surface area (Å²) >= 11 is 0. The molecule has 2 aromatic rings. The number of nitrogens with one attached hydrogen (secondary N) is 1. The lowest BCUT2D eigenvalue weighted by atomic mass is 9.95. The second-order valence-corrected chi connectivity index (χ2v) is 6.03. The van der Waals surface area contributed by atoms with Crippen LogP contribution in [0.3, 0.4) is 0 Å². The third kappa shape index (κ3) is 2.58. The molecule has 1 aliphatic carbocycles. The van der Waals surface area contributed by atoms with Crippen molar-refractivity contribution in [2.75, 3.05) is 5.73 Å². The van der Waals surface area contributed by atoms with Gasteiger partial charge in [0.1, 0.15) is 5.56 Å². The van der Waals surface area contributed by atoms with Gasteiger partial charge in [0.15, 0.2) is 0 Å². The summed E-state index contributed by atoms with van der Waals surface area (Å²) in [7, 11) is 1.82. The zero-order chi connectivity index (χ0) is 15.7. The maximum absolute atomic E-state index is 12.6. The Balaban J connectivity index is 2.00. The minimum atomic E-state index is -0.294. The van der Waals surface area contributed by atoms with Gasteiger partial charge in [0.05, 0.1) is 10.9 Å². The second-order valence-electron chi connectivity index (χ2n) is 6.03. The molecule has 5 heteroatoms. The van der Waals surface area contributed by atoms with Gasteiger partial charge in [-0.3, -0.25) is 9.59 Å². The monoisotopic (exact) mass is 299 g/mol. The van der Waals surface area contributed by atoms with Gasteiger partial charge in [-0.25, -0.2) is 0 Å². The number of hydrogen-bond acceptors (Lipinski definition) is 3. The Kier molecular flexibility index (Phi) is 3.88. The fourth-order valence-corrected chi connectivity index (χ4v) is 3.23. The van der Waals surface area contributed by atoms with Gasteiger partial charge in [-0.05, 0) is 25.0 Å². The Bertz CT molecular complexity index is 773. The molecule has 1 fully saturated rings. The van der Waals surface area contributed by atoms with E-state index in [1.807, 2.05) is 13.1 Å². The van der Waals surface area contributed by atoms with Crippen LogP contribution >= 0.6 is 0 Å². The molecule has 0 spiro atoms. The molecule has 22 heavy (non-hydrogen) atoms. The van der Waals surface area contributed by atoms with E-state index in [4.69, 9.17) is 5.73 Å². The number of fused-ring (bicyclic) bond motifs is 1. The van der Waals surface area contributed by atoms with Crippen LogP contribution in [0.5, 0.6) is 0 Å². The van der Waals surface area contributed by atoms with E-state index in [9.17, 15) is 9.59 Å². The molecule has 0 saturated heterocycles. The summed E-state index contributed by atoms with van der Waals surface area (Å²) in [6.45, 7) is 0. The lowest BCUT2D eigenvalue weighted by Gasteiger charge is -2.22. The number of aromatic nitrogens is 1. The number of nitrogens with two attached hydrogens (primary N) is 1.